The molecule has 0 bridgehead atoms. The fourth-order valence-electron chi connectivity index (χ4n) is 2.80. The standard InChI is InChI=1S/C13H13F2N3O2S.C8H7F3/c1-12(10(20)18-11(17-2)21-12)13(14,15)8-5-3-7(4-6-8)9(16)19;1-6-4-2-3-5-7(6)8(9,10)11/h3-6H,1-2H3,(H2,16,19)(H,17,18,20);2-5H,1H3. The molecule has 1 aliphatic rings. The Bertz CT molecular complexity index is 1040. The number of thioether (sulfide) groups is 1. The van der Waals surface area contributed by atoms with E-state index in [1.807, 2.05) is 0 Å². The second-order valence-corrected chi connectivity index (χ2v) is 8.35. The number of nitrogens with one attached hydrogen (secondary N) is 1. The zero-order valence-electron chi connectivity index (χ0n) is 17.3. The summed E-state index contributed by atoms with van der Waals surface area (Å²) in [5.41, 5.74) is 4.54. The molecule has 172 valence electrons. The number of nitrogens with zero attached hydrogens (tertiary/aromatic N) is 1. The molecule has 2 amide bonds. The van der Waals surface area contributed by atoms with Crippen molar-refractivity contribution in [2.24, 2.45) is 10.7 Å². The van der Waals surface area contributed by atoms with Crippen LogP contribution < -0.4 is 11.1 Å². The first-order chi connectivity index (χ1) is 14.7. The third-order valence-corrected chi connectivity index (χ3v) is 6.07. The zero-order chi connectivity index (χ0) is 24.3. The molecule has 11 heteroatoms. The zero-order valence-corrected chi connectivity index (χ0v) is 18.1. The molecule has 5 nitrogen and oxygen atoms in total. The van der Waals surface area contributed by atoms with Gasteiger partial charge in [0.15, 0.2) is 9.91 Å². The minimum Gasteiger partial charge on any atom is -0.366 e. The van der Waals surface area contributed by atoms with Crippen molar-refractivity contribution in [3.05, 3.63) is 70.8 Å². The highest BCUT2D eigenvalue weighted by Crippen LogP contribution is 2.50. The van der Waals surface area contributed by atoms with Crippen molar-refractivity contribution in [1.82, 2.24) is 5.32 Å². The Morgan fingerprint density at radius 3 is 2.03 bits per heavy atom. The van der Waals surface area contributed by atoms with Crippen molar-refractivity contribution < 1.29 is 31.5 Å². The molecular weight excluding hydrogens is 453 g/mol. The average molecular weight is 473 g/mol. The molecule has 1 saturated heterocycles. The van der Waals surface area contributed by atoms with Crippen LogP contribution in [0.25, 0.3) is 0 Å². The van der Waals surface area contributed by atoms with Crippen molar-refractivity contribution in [2.75, 3.05) is 7.05 Å². The number of amides is 2. The van der Waals surface area contributed by atoms with Crippen molar-refractivity contribution in [3.8, 4) is 0 Å². The lowest BCUT2D eigenvalue weighted by Gasteiger charge is -2.30. The summed E-state index contributed by atoms with van der Waals surface area (Å²) in [6.45, 7) is 2.61. The molecule has 0 radical (unpaired) electrons. The van der Waals surface area contributed by atoms with Gasteiger partial charge in [-0.2, -0.15) is 22.0 Å². The molecule has 2 aromatic carbocycles. The molecule has 0 spiro atoms. The predicted octanol–water partition coefficient (Wildman–Crippen LogP) is 4.50. The van der Waals surface area contributed by atoms with Crippen LogP contribution in [0.5, 0.6) is 0 Å². The number of nitrogens with two attached hydrogens (primary N) is 1. The molecule has 1 unspecified atom stereocenters. The quantitative estimate of drug-likeness (QED) is 0.644. The topological polar surface area (TPSA) is 84.6 Å². The molecule has 3 rings (SSSR count). The van der Waals surface area contributed by atoms with Crippen LogP contribution in [0.1, 0.15) is 34.0 Å². The van der Waals surface area contributed by atoms with Gasteiger partial charge in [-0.05, 0) is 37.6 Å². The first kappa shape index (κ1) is 25.3. The van der Waals surface area contributed by atoms with Crippen LogP contribution in [0.2, 0.25) is 0 Å². The smallest absolute Gasteiger partial charge is 0.366 e. The van der Waals surface area contributed by atoms with E-state index in [-0.39, 0.29) is 21.9 Å². The summed E-state index contributed by atoms with van der Waals surface area (Å²) in [7, 11) is 1.41. The average Bonchev–Trinajstić information content (AvgIpc) is 3.03. The number of rotatable bonds is 3. The predicted molar refractivity (Wildman–Crippen MR) is 113 cm³/mol. The molecule has 1 heterocycles. The van der Waals surface area contributed by atoms with Gasteiger partial charge >= 0.3 is 6.18 Å². The summed E-state index contributed by atoms with van der Waals surface area (Å²) in [6.07, 6.45) is -4.22. The van der Waals surface area contributed by atoms with Gasteiger partial charge in [0.2, 0.25) is 11.8 Å². The summed E-state index contributed by atoms with van der Waals surface area (Å²) < 4.78 is 63.5. The highest BCUT2D eigenvalue weighted by molar-refractivity contribution is 8.16. The van der Waals surface area contributed by atoms with Gasteiger partial charge in [-0.25, -0.2) is 0 Å². The Morgan fingerprint density at radius 2 is 1.62 bits per heavy atom. The van der Waals surface area contributed by atoms with E-state index in [9.17, 15) is 31.5 Å². The highest BCUT2D eigenvalue weighted by atomic mass is 32.2. The van der Waals surface area contributed by atoms with Gasteiger partial charge in [-0.1, -0.05) is 42.1 Å². The largest absolute Gasteiger partial charge is 0.416 e. The number of carbonyl (C=O) groups excluding carboxylic acids is 2. The minimum atomic E-state index is -4.22. The van der Waals surface area contributed by atoms with Gasteiger partial charge in [0.25, 0.3) is 5.92 Å². The highest BCUT2D eigenvalue weighted by Gasteiger charge is 2.61. The number of alkyl halides is 5. The molecule has 0 aliphatic carbocycles. The normalized spacial score (nSPS) is 19.9. The number of benzene rings is 2. The van der Waals surface area contributed by atoms with E-state index < -0.39 is 34.2 Å². The van der Waals surface area contributed by atoms with Crippen LogP contribution in [0, 0.1) is 6.92 Å². The lowest BCUT2D eigenvalue weighted by Crippen LogP contribution is -2.47. The van der Waals surface area contributed by atoms with Crippen LogP contribution >= 0.6 is 11.8 Å². The molecule has 3 N–H and O–H groups in total. The van der Waals surface area contributed by atoms with Gasteiger partial charge < -0.3 is 11.1 Å². The second-order valence-electron chi connectivity index (χ2n) is 6.95. The number of halogens is 5. The summed E-state index contributed by atoms with van der Waals surface area (Å²) in [5.74, 6) is -4.95. The van der Waals surface area contributed by atoms with Gasteiger partial charge in [0.1, 0.15) is 0 Å². The van der Waals surface area contributed by atoms with Gasteiger partial charge in [0.05, 0.1) is 5.56 Å². The summed E-state index contributed by atoms with van der Waals surface area (Å²) in [4.78, 5) is 26.6. The maximum atomic E-state index is 14.7. The number of hydrogen-bond acceptors (Lipinski definition) is 4. The molecule has 1 aliphatic heterocycles. The minimum absolute atomic E-state index is 0.124. The molecule has 2 aromatic rings. The molecule has 32 heavy (non-hydrogen) atoms. The van der Waals surface area contributed by atoms with Crippen molar-refractivity contribution in [3.63, 3.8) is 0 Å². The van der Waals surface area contributed by atoms with Crippen molar-refractivity contribution >= 4 is 28.7 Å². The molecule has 1 atom stereocenters. The van der Waals surface area contributed by atoms with E-state index in [2.05, 4.69) is 10.3 Å². The Kier molecular flexibility index (Phi) is 7.33. The van der Waals surface area contributed by atoms with Gasteiger partial charge in [-0.3, -0.25) is 14.6 Å². The van der Waals surface area contributed by atoms with Gasteiger partial charge in [0, 0.05) is 18.2 Å². The Balaban J connectivity index is 0.000000278. The molecule has 0 aromatic heterocycles. The van der Waals surface area contributed by atoms with Gasteiger partial charge in [-0.15, -0.1) is 0 Å². The SMILES string of the molecule is CN=C1NC(=O)C(C)(C(F)(F)c2ccc(C(N)=O)cc2)S1.Cc1ccccc1C(F)(F)F. The van der Waals surface area contributed by atoms with E-state index in [1.165, 1.54) is 38.2 Å². The number of amidine groups is 1. The third-order valence-electron chi connectivity index (χ3n) is 4.74. The Labute approximate surface area is 185 Å². The number of aliphatic imine (C=N–C) groups is 1. The third kappa shape index (κ3) is 5.09. The number of aryl methyl sites for hydroxylation is 1. The fraction of sp³-hybridized carbons (Fsp3) is 0.286. The van der Waals surface area contributed by atoms with E-state index >= 15 is 0 Å². The lowest BCUT2D eigenvalue weighted by molar-refractivity contribution is -0.138. The first-order valence-electron chi connectivity index (χ1n) is 9.12. The molecule has 0 saturated carbocycles. The van der Waals surface area contributed by atoms with E-state index in [0.717, 1.165) is 25.1 Å². The Morgan fingerprint density at radius 1 is 1.06 bits per heavy atom. The van der Waals surface area contributed by atoms with Crippen LogP contribution in [-0.4, -0.2) is 28.8 Å². The van der Waals surface area contributed by atoms with Crippen LogP contribution in [0.15, 0.2) is 53.5 Å². The first-order valence-corrected chi connectivity index (χ1v) is 9.94. The maximum absolute atomic E-state index is 14.7. The number of hydrogen-bond donors (Lipinski definition) is 2. The monoisotopic (exact) mass is 473 g/mol. The Hall–Kier alpha value is -2.95. The van der Waals surface area contributed by atoms with Crippen LogP contribution in [0.3, 0.4) is 0 Å². The lowest BCUT2D eigenvalue weighted by atomic mass is 9.93. The summed E-state index contributed by atoms with van der Waals surface area (Å²) in [5, 5.41) is 2.47. The summed E-state index contributed by atoms with van der Waals surface area (Å²) in [6, 6.07) is 10.1. The second kappa shape index (κ2) is 9.27. The number of primary amides is 1. The summed E-state index contributed by atoms with van der Waals surface area (Å²) >= 11 is 0.681. The van der Waals surface area contributed by atoms with Crippen LogP contribution in [-0.2, 0) is 16.9 Å². The van der Waals surface area contributed by atoms with Crippen LogP contribution in [0.4, 0.5) is 22.0 Å². The number of carbonyl (C=O) groups is 2. The van der Waals surface area contributed by atoms with E-state index in [0.29, 0.717) is 11.8 Å². The van der Waals surface area contributed by atoms with Crippen molar-refractivity contribution in [2.45, 2.75) is 30.7 Å². The van der Waals surface area contributed by atoms with Crippen molar-refractivity contribution in [1.29, 1.82) is 0 Å². The van der Waals surface area contributed by atoms with E-state index in [4.69, 9.17) is 5.73 Å². The molecular formula is C21H20F5N3O2S. The molecule has 1 fully saturated rings. The van der Waals surface area contributed by atoms with E-state index in [1.54, 1.807) is 6.07 Å². The fourth-order valence-corrected chi connectivity index (χ4v) is 3.81. The maximum Gasteiger partial charge on any atom is 0.416 e.